The van der Waals surface area contributed by atoms with Gasteiger partial charge in [-0.1, -0.05) is 25.1 Å². The first kappa shape index (κ1) is 20.0. The van der Waals surface area contributed by atoms with Crippen molar-refractivity contribution >= 4 is 9.84 Å². The molecule has 140 valence electrons. The molecule has 25 heavy (non-hydrogen) atoms. The molecule has 0 bridgehead atoms. The second-order valence-corrected chi connectivity index (χ2v) is 8.46. The summed E-state index contributed by atoms with van der Waals surface area (Å²) in [5.74, 6) is 0.172. The maximum Gasteiger partial charge on any atom is 0.409 e. The SMILES string of the molecule is C=CC(C(F)(F)F)S(=O)(=O)c1cccc(C2CCN(CC)CC2)c1C. The second kappa shape index (κ2) is 7.50. The second-order valence-electron chi connectivity index (χ2n) is 6.42. The van der Waals surface area contributed by atoms with Crippen LogP contribution < -0.4 is 0 Å². The minimum absolute atomic E-state index is 0.172. The Morgan fingerprint density at radius 3 is 2.40 bits per heavy atom. The van der Waals surface area contributed by atoms with E-state index < -0.39 is 21.3 Å². The summed E-state index contributed by atoms with van der Waals surface area (Å²) in [5, 5.41) is -2.59. The Bertz CT molecular complexity index is 720. The standard InChI is InChI=1S/C18H24F3NO2S/c1-4-17(18(19,20)21)25(23,24)16-8-6-7-15(13(16)3)14-9-11-22(5-2)12-10-14/h4,6-8,14,17H,1,5,9-12H2,2-3H3. The van der Waals surface area contributed by atoms with Crippen LogP contribution in [0.5, 0.6) is 0 Å². The molecule has 1 fully saturated rings. The zero-order valence-corrected chi connectivity index (χ0v) is 15.3. The van der Waals surface area contributed by atoms with Crippen LogP contribution in [-0.2, 0) is 9.84 Å². The normalized spacial score (nSPS) is 18.9. The number of piperidine rings is 1. The first-order valence-electron chi connectivity index (χ1n) is 8.38. The molecule has 2 rings (SSSR count). The van der Waals surface area contributed by atoms with Crippen LogP contribution in [0, 0.1) is 6.92 Å². The zero-order valence-electron chi connectivity index (χ0n) is 14.5. The van der Waals surface area contributed by atoms with Gasteiger partial charge in [0.1, 0.15) is 0 Å². The number of sulfone groups is 1. The van der Waals surface area contributed by atoms with Gasteiger partial charge < -0.3 is 4.90 Å². The van der Waals surface area contributed by atoms with E-state index in [1.165, 1.54) is 12.1 Å². The van der Waals surface area contributed by atoms with Crippen molar-refractivity contribution in [1.29, 1.82) is 0 Å². The van der Waals surface area contributed by atoms with Crippen molar-refractivity contribution in [2.75, 3.05) is 19.6 Å². The predicted molar refractivity (Wildman–Crippen MR) is 92.5 cm³/mol. The number of halogens is 3. The summed E-state index contributed by atoms with van der Waals surface area (Å²) in [7, 11) is -4.57. The number of alkyl halides is 3. The van der Waals surface area contributed by atoms with E-state index in [0.717, 1.165) is 38.0 Å². The van der Waals surface area contributed by atoms with Gasteiger partial charge >= 0.3 is 6.18 Å². The third-order valence-electron chi connectivity index (χ3n) is 4.98. The van der Waals surface area contributed by atoms with Crippen LogP contribution in [0.4, 0.5) is 13.2 Å². The van der Waals surface area contributed by atoms with Gasteiger partial charge in [0.25, 0.3) is 0 Å². The molecule has 1 aliphatic rings. The summed E-state index contributed by atoms with van der Waals surface area (Å²) in [4.78, 5) is 2.06. The molecule has 1 aliphatic heterocycles. The van der Waals surface area contributed by atoms with Gasteiger partial charge in [-0.2, -0.15) is 13.2 Å². The van der Waals surface area contributed by atoms with Crippen molar-refractivity contribution in [2.24, 2.45) is 0 Å². The Morgan fingerprint density at radius 2 is 1.92 bits per heavy atom. The highest BCUT2D eigenvalue weighted by Gasteiger charge is 2.47. The summed E-state index contributed by atoms with van der Waals surface area (Å²) in [6.07, 6.45) is -2.67. The first-order chi connectivity index (χ1) is 11.6. The molecular weight excluding hydrogens is 351 g/mol. The van der Waals surface area contributed by atoms with Crippen LogP contribution >= 0.6 is 0 Å². The average Bonchev–Trinajstić information content (AvgIpc) is 2.54. The average molecular weight is 375 g/mol. The van der Waals surface area contributed by atoms with E-state index in [1.807, 2.05) is 6.07 Å². The van der Waals surface area contributed by atoms with Gasteiger partial charge in [-0.05, 0) is 62.5 Å². The smallest absolute Gasteiger partial charge is 0.304 e. The molecule has 7 heteroatoms. The first-order valence-corrected chi connectivity index (χ1v) is 9.92. The largest absolute Gasteiger partial charge is 0.409 e. The summed E-state index contributed by atoms with van der Waals surface area (Å²) >= 11 is 0. The van der Waals surface area contributed by atoms with Gasteiger partial charge in [-0.3, -0.25) is 0 Å². The van der Waals surface area contributed by atoms with E-state index in [1.54, 1.807) is 6.92 Å². The van der Waals surface area contributed by atoms with E-state index in [-0.39, 0.29) is 10.8 Å². The van der Waals surface area contributed by atoms with Crippen LogP contribution in [0.15, 0.2) is 35.7 Å². The van der Waals surface area contributed by atoms with Gasteiger partial charge in [0.2, 0.25) is 0 Å². The Balaban J connectivity index is 2.40. The molecular formula is C18H24F3NO2S. The van der Waals surface area contributed by atoms with E-state index in [0.29, 0.717) is 11.6 Å². The molecule has 1 aromatic carbocycles. The lowest BCUT2D eigenvalue weighted by atomic mass is 9.87. The number of rotatable bonds is 5. The monoisotopic (exact) mass is 375 g/mol. The van der Waals surface area contributed by atoms with Crippen molar-refractivity contribution in [3.05, 3.63) is 42.0 Å². The van der Waals surface area contributed by atoms with Crippen LogP contribution in [0.2, 0.25) is 0 Å². The quantitative estimate of drug-likeness (QED) is 0.728. The van der Waals surface area contributed by atoms with Gasteiger partial charge in [-0.15, -0.1) is 6.58 Å². The summed E-state index contributed by atoms with van der Waals surface area (Å²) < 4.78 is 64.5. The molecule has 1 aromatic rings. The molecule has 1 heterocycles. The maximum atomic E-state index is 13.1. The molecule has 0 aliphatic carbocycles. The Hall–Kier alpha value is -1.34. The van der Waals surface area contributed by atoms with Crippen LogP contribution in [0.3, 0.4) is 0 Å². The lowest BCUT2D eigenvalue weighted by molar-refractivity contribution is -0.121. The molecule has 0 aromatic heterocycles. The van der Waals surface area contributed by atoms with E-state index >= 15 is 0 Å². The lowest BCUT2D eigenvalue weighted by Crippen LogP contribution is -2.35. The predicted octanol–water partition coefficient (Wildman–Crippen LogP) is 4.08. The number of benzene rings is 1. The summed E-state index contributed by atoms with van der Waals surface area (Å²) in [6, 6.07) is 4.63. The van der Waals surface area contributed by atoms with Crippen LogP contribution in [0.1, 0.15) is 36.8 Å². The molecule has 1 atom stereocenters. The van der Waals surface area contributed by atoms with Crippen molar-refractivity contribution in [1.82, 2.24) is 4.90 Å². The fraction of sp³-hybridized carbons (Fsp3) is 0.556. The molecule has 0 amide bonds. The van der Waals surface area contributed by atoms with Crippen molar-refractivity contribution in [3.63, 3.8) is 0 Å². The molecule has 0 N–H and O–H groups in total. The van der Waals surface area contributed by atoms with Gasteiger partial charge in [-0.25, -0.2) is 8.42 Å². The summed E-state index contributed by atoms with van der Waals surface area (Å²) in [5.41, 5.74) is 1.26. The van der Waals surface area contributed by atoms with E-state index in [9.17, 15) is 21.6 Å². The van der Waals surface area contributed by atoms with E-state index in [2.05, 4.69) is 18.4 Å². The van der Waals surface area contributed by atoms with Gasteiger partial charge in [0.05, 0.1) is 4.90 Å². The Morgan fingerprint density at radius 1 is 1.32 bits per heavy atom. The van der Waals surface area contributed by atoms with Crippen LogP contribution in [0.25, 0.3) is 0 Å². The van der Waals surface area contributed by atoms with Gasteiger partial charge in [0.15, 0.2) is 15.1 Å². The molecule has 0 radical (unpaired) electrons. The summed E-state index contributed by atoms with van der Waals surface area (Å²) in [6.45, 7) is 9.55. The number of hydrogen-bond acceptors (Lipinski definition) is 3. The lowest BCUT2D eigenvalue weighted by Gasteiger charge is -2.32. The van der Waals surface area contributed by atoms with Crippen molar-refractivity contribution in [2.45, 2.75) is 48.9 Å². The highest BCUT2D eigenvalue weighted by Crippen LogP contribution is 2.36. The van der Waals surface area contributed by atoms with Crippen LogP contribution in [-0.4, -0.2) is 44.4 Å². The minimum Gasteiger partial charge on any atom is -0.304 e. The van der Waals surface area contributed by atoms with Crippen molar-refractivity contribution < 1.29 is 21.6 Å². The van der Waals surface area contributed by atoms with E-state index in [4.69, 9.17) is 0 Å². The fourth-order valence-electron chi connectivity index (χ4n) is 3.52. The van der Waals surface area contributed by atoms with Crippen molar-refractivity contribution in [3.8, 4) is 0 Å². The molecule has 1 saturated heterocycles. The molecule has 0 saturated carbocycles. The third-order valence-corrected chi connectivity index (χ3v) is 7.16. The number of nitrogens with zero attached hydrogens (tertiary/aromatic N) is 1. The highest BCUT2D eigenvalue weighted by atomic mass is 32.2. The minimum atomic E-state index is -4.88. The molecule has 0 spiro atoms. The number of hydrogen-bond donors (Lipinski definition) is 0. The topological polar surface area (TPSA) is 37.4 Å². The highest BCUT2D eigenvalue weighted by molar-refractivity contribution is 7.92. The molecule has 1 unspecified atom stereocenters. The molecule has 3 nitrogen and oxygen atoms in total. The number of likely N-dealkylation sites (tertiary alicyclic amines) is 1. The zero-order chi connectivity index (χ0) is 18.8. The fourth-order valence-corrected chi connectivity index (χ4v) is 5.21. The Labute approximate surface area is 147 Å². The van der Waals surface area contributed by atoms with Gasteiger partial charge in [0, 0.05) is 0 Å². The maximum absolute atomic E-state index is 13.1. The Kier molecular flexibility index (Phi) is 5.99. The third kappa shape index (κ3) is 4.08.